The number of fused-ring (bicyclic) bond motifs is 1. The zero-order valence-corrected chi connectivity index (χ0v) is 15.4. The summed E-state index contributed by atoms with van der Waals surface area (Å²) in [6.45, 7) is 8.31. The normalized spacial score (nSPS) is 38.0. The van der Waals surface area contributed by atoms with E-state index in [2.05, 4.69) is 43.3 Å². The highest BCUT2D eigenvalue weighted by atomic mass is 32.1. The van der Waals surface area contributed by atoms with Crippen molar-refractivity contribution in [2.45, 2.75) is 45.1 Å². The van der Waals surface area contributed by atoms with Crippen molar-refractivity contribution in [3.05, 3.63) is 14.9 Å². The molecule has 3 aliphatic rings. The lowest BCUT2D eigenvalue weighted by Gasteiger charge is -2.32. The third-order valence-electron chi connectivity index (χ3n) is 5.74. The number of aromatic nitrogens is 1. The molecule has 3 heterocycles. The van der Waals surface area contributed by atoms with Gasteiger partial charge in [-0.05, 0) is 50.6 Å². The number of hydrogen-bond donors (Lipinski definition) is 1. The van der Waals surface area contributed by atoms with Crippen LogP contribution in [0.1, 0.15) is 44.0 Å². The second kappa shape index (κ2) is 6.30. The smallest absolute Gasteiger partial charge is 0.0982 e. The number of likely N-dealkylation sites (N-methyl/N-ethyl adjacent to an activating group) is 1. The van der Waals surface area contributed by atoms with Crippen LogP contribution in [-0.4, -0.2) is 42.6 Å². The van der Waals surface area contributed by atoms with Gasteiger partial charge in [-0.15, -0.1) is 11.3 Å². The fraction of sp³-hybridized carbons (Fsp3) is 0.737. The molecule has 0 spiro atoms. The molecule has 0 amide bonds. The van der Waals surface area contributed by atoms with Crippen LogP contribution in [0, 0.1) is 17.8 Å². The zero-order chi connectivity index (χ0) is 16.0. The minimum Gasteiger partial charge on any atom is -0.313 e. The van der Waals surface area contributed by atoms with E-state index in [0.29, 0.717) is 17.9 Å². The Morgan fingerprint density at radius 1 is 1.22 bits per heavy atom. The van der Waals surface area contributed by atoms with Gasteiger partial charge >= 0.3 is 0 Å². The Morgan fingerprint density at radius 3 is 2.83 bits per heavy atom. The predicted molar refractivity (Wildman–Crippen MR) is 98.0 cm³/mol. The van der Waals surface area contributed by atoms with Crippen LogP contribution in [0.25, 0.3) is 12.2 Å². The lowest BCUT2D eigenvalue weighted by Crippen LogP contribution is -2.36. The van der Waals surface area contributed by atoms with Crippen LogP contribution in [0.2, 0.25) is 0 Å². The first kappa shape index (κ1) is 15.8. The molecule has 1 aromatic heterocycles. The first-order valence-corrected chi connectivity index (χ1v) is 10.0. The molecule has 0 saturated carbocycles. The molecular formula is C19H29N3S. The van der Waals surface area contributed by atoms with E-state index in [0.717, 1.165) is 18.3 Å². The Bertz CT molecular complexity index is 669. The second-order valence-corrected chi connectivity index (χ2v) is 9.25. The maximum Gasteiger partial charge on any atom is 0.0982 e. The summed E-state index contributed by atoms with van der Waals surface area (Å²) >= 11 is 1.96. The van der Waals surface area contributed by atoms with E-state index in [1.54, 1.807) is 0 Å². The van der Waals surface area contributed by atoms with Crippen molar-refractivity contribution in [2.24, 2.45) is 17.8 Å². The number of thiazole rings is 1. The van der Waals surface area contributed by atoms with E-state index in [-0.39, 0.29) is 0 Å². The maximum absolute atomic E-state index is 5.00. The molecule has 1 aromatic rings. The molecule has 126 valence electrons. The number of piperidine rings is 1. The quantitative estimate of drug-likeness (QED) is 0.895. The highest BCUT2D eigenvalue weighted by molar-refractivity contribution is 7.09. The summed E-state index contributed by atoms with van der Waals surface area (Å²) < 4.78 is 1.43. The van der Waals surface area contributed by atoms with Crippen LogP contribution in [-0.2, 0) is 0 Å². The van der Waals surface area contributed by atoms with Crippen LogP contribution < -0.4 is 15.2 Å². The molecule has 23 heavy (non-hydrogen) atoms. The summed E-state index contributed by atoms with van der Waals surface area (Å²) in [7, 11) is 2.25. The second-order valence-electron chi connectivity index (χ2n) is 8.19. The number of likely N-dealkylation sites (tertiary alicyclic amines) is 1. The molecule has 3 unspecified atom stereocenters. The minimum absolute atomic E-state index is 0.629. The summed E-state index contributed by atoms with van der Waals surface area (Å²) in [6, 6.07) is 0.667. The Kier molecular flexibility index (Phi) is 4.33. The summed E-state index contributed by atoms with van der Waals surface area (Å²) in [4.78, 5) is 7.48. The number of nitrogens with one attached hydrogen (secondary N) is 1. The van der Waals surface area contributed by atoms with Crippen LogP contribution in [0.3, 0.4) is 0 Å². The zero-order valence-electron chi connectivity index (χ0n) is 14.6. The van der Waals surface area contributed by atoms with E-state index in [9.17, 15) is 0 Å². The predicted octanol–water partition coefficient (Wildman–Crippen LogP) is 1.78. The van der Waals surface area contributed by atoms with E-state index in [1.165, 1.54) is 47.4 Å². The molecule has 1 N–H and O–H groups in total. The summed E-state index contributed by atoms with van der Waals surface area (Å²) in [5, 5.41) is 6.34. The third kappa shape index (κ3) is 3.26. The third-order valence-corrected chi connectivity index (χ3v) is 6.94. The van der Waals surface area contributed by atoms with Crippen molar-refractivity contribution in [3.63, 3.8) is 0 Å². The Hall–Kier alpha value is -0.710. The van der Waals surface area contributed by atoms with Crippen molar-refractivity contribution < 1.29 is 0 Å². The Labute approximate surface area is 143 Å². The highest BCUT2D eigenvalue weighted by Crippen LogP contribution is 2.30. The molecule has 0 aromatic carbocycles. The van der Waals surface area contributed by atoms with Gasteiger partial charge < -0.3 is 10.2 Å². The van der Waals surface area contributed by atoms with E-state index < -0.39 is 0 Å². The van der Waals surface area contributed by atoms with Crippen LogP contribution >= 0.6 is 11.3 Å². The fourth-order valence-electron chi connectivity index (χ4n) is 4.67. The summed E-state index contributed by atoms with van der Waals surface area (Å²) in [6.07, 6.45) is 8.67. The van der Waals surface area contributed by atoms with Gasteiger partial charge in [-0.25, -0.2) is 4.98 Å². The average molecular weight is 332 g/mol. The SMILES string of the molecule is CC1CC(c2nc3c(s2)=C[C@H](C2C[C@H](C)CN2)CC=3)CN(C)C1. The molecule has 0 radical (unpaired) electrons. The van der Waals surface area contributed by atoms with Crippen molar-refractivity contribution in [1.82, 2.24) is 15.2 Å². The van der Waals surface area contributed by atoms with Gasteiger partial charge in [0.1, 0.15) is 0 Å². The largest absolute Gasteiger partial charge is 0.313 e. The topological polar surface area (TPSA) is 28.2 Å². The lowest BCUT2D eigenvalue weighted by atomic mass is 9.90. The van der Waals surface area contributed by atoms with E-state index in [4.69, 9.17) is 4.98 Å². The van der Waals surface area contributed by atoms with Gasteiger partial charge in [0.15, 0.2) is 0 Å². The van der Waals surface area contributed by atoms with E-state index >= 15 is 0 Å². The number of nitrogens with zero attached hydrogens (tertiary/aromatic N) is 2. The first-order chi connectivity index (χ1) is 11.1. The van der Waals surface area contributed by atoms with Gasteiger partial charge in [-0.2, -0.15) is 0 Å². The van der Waals surface area contributed by atoms with Crippen molar-refractivity contribution in [2.75, 3.05) is 26.7 Å². The maximum atomic E-state index is 5.00. The van der Waals surface area contributed by atoms with Crippen molar-refractivity contribution >= 4 is 23.5 Å². The monoisotopic (exact) mass is 331 g/mol. The number of rotatable bonds is 2. The van der Waals surface area contributed by atoms with Crippen molar-refractivity contribution in [3.8, 4) is 0 Å². The number of hydrogen-bond acceptors (Lipinski definition) is 4. The summed E-state index contributed by atoms with van der Waals surface area (Å²) in [5.74, 6) is 2.90. The molecule has 2 saturated heterocycles. The first-order valence-electron chi connectivity index (χ1n) is 9.19. The molecule has 2 aliphatic heterocycles. The Balaban J connectivity index is 1.57. The summed E-state index contributed by atoms with van der Waals surface area (Å²) in [5.41, 5.74) is 0. The average Bonchev–Trinajstić information content (AvgIpc) is 3.11. The van der Waals surface area contributed by atoms with Gasteiger partial charge in [0.05, 0.1) is 14.9 Å². The van der Waals surface area contributed by atoms with Crippen LogP contribution in [0.15, 0.2) is 0 Å². The van der Waals surface area contributed by atoms with Gasteiger partial charge in [0.25, 0.3) is 0 Å². The molecule has 4 heteroatoms. The molecule has 2 fully saturated rings. The fourth-order valence-corrected chi connectivity index (χ4v) is 5.85. The Morgan fingerprint density at radius 2 is 2.09 bits per heavy atom. The minimum atomic E-state index is 0.629. The highest BCUT2D eigenvalue weighted by Gasteiger charge is 2.29. The van der Waals surface area contributed by atoms with Gasteiger partial charge in [0.2, 0.25) is 0 Å². The van der Waals surface area contributed by atoms with Crippen LogP contribution in [0.4, 0.5) is 0 Å². The molecule has 0 bridgehead atoms. The standard InChI is InChI=1S/C19H29N3S/c1-12-7-17(20-9-12)14-4-5-16-18(8-14)23-19(21-16)15-6-13(2)10-22(3)11-15/h5,8,12-15,17,20H,4,6-7,9-11H2,1-3H3/t12-,13?,14+,15?,17?/m0/s1. The molecule has 3 nitrogen and oxygen atoms in total. The van der Waals surface area contributed by atoms with Crippen LogP contribution in [0.5, 0.6) is 0 Å². The molecule has 5 atom stereocenters. The van der Waals surface area contributed by atoms with E-state index in [1.807, 2.05) is 11.3 Å². The van der Waals surface area contributed by atoms with Gasteiger partial charge in [-0.1, -0.05) is 26.0 Å². The molecule has 1 aliphatic carbocycles. The van der Waals surface area contributed by atoms with Gasteiger partial charge in [0, 0.05) is 25.0 Å². The van der Waals surface area contributed by atoms with Crippen molar-refractivity contribution in [1.29, 1.82) is 0 Å². The molecular weight excluding hydrogens is 302 g/mol. The van der Waals surface area contributed by atoms with Gasteiger partial charge in [-0.3, -0.25) is 0 Å². The lowest BCUT2D eigenvalue weighted by molar-refractivity contribution is 0.197. The molecule has 4 rings (SSSR count).